The van der Waals surface area contributed by atoms with Crippen molar-refractivity contribution in [1.29, 1.82) is 0 Å². The topological polar surface area (TPSA) is 105 Å². The highest BCUT2D eigenvalue weighted by Crippen LogP contribution is 2.44. The predicted octanol–water partition coefficient (Wildman–Crippen LogP) is 4.84. The SMILES string of the molecule is CCCC(C)(NC(=O)CCC(C)(C)NC(=O)OCC1c2ccccc2-c2ccccc21)C(=O)O. The molecule has 2 aromatic rings. The van der Waals surface area contributed by atoms with Crippen LogP contribution < -0.4 is 10.6 Å². The van der Waals surface area contributed by atoms with Crippen molar-refractivity contribution in [3.8, 4) is 11.1 Å². The van der Waals surface area contributed by atoms with Gasteiger partial charge in [0.1, 0.15) is 12.1 Å². The molecule has 1 aliphatic rings. The van der Waals surface area contributed by atoms with Crippen LogP contribution in [0.4, 0.5) is 4.79 Å². The summed E-state index contributed by atoms with van der Waals surface area (Å²) in [5, 5.41) is 14.9. The van der Waals surface area contributed by atoms with E-state index in [2.05, 4.69) is 34.9 Å². The minimum atomic E-state index is -1.30. The minimum Gasteiger partial charge on any atom is -0.480 e. The molecule has 7 nitrogen and oxygen atoms in total. The third-order valence-electron chi connectivity index (χ3n) is 6.40. The zero-order valence-electron chi connectivity index (χ0n) is 20.3. The average molecular weight is 467 g/mol. The Morgan fingerprint density at radius 3 is 2.00 bits per heavy atom. The zero-order chi connectivity index (χ0) is 24.9. The number of alkyl carbamates (subject to hydrolysis) is 1. The summed E-state index contributed by atoms with van der Waals surface area (Å²) in [6.45, 7) is 7.21. The Morgan fingerprint density at radius 1 is 0.912 bits per heavy atom. The highest BCUT2D eigenvalue weighted by Gasteiger charge is 2.34. The Kier molecular flexibility index (Phi) is 7.64. The van der Waals surface area contributed by atoms with Crippen LogP contribution in [0.2, 0.25) is 0 Å². The summed E-state index contributed by atoms with van der Waals surface area (Å²) >= 11 is 0. The predicted molar refractivity (Wildman–Crippen MR) is 131 cm³/mol. The summed E-state index contributed by atoms with van der Waals surface area (Å²) in [6.07, 6.45) is 0.857. The van der Waals surface area contributed by atoms with Crippen LogP contribution in [0.15, 0.2) is 48.5 Å². The maximum absolute atomic E-state index is 12.6. The number of fused-ring (bicyclic) bond motifs is 3. The second-order valence-electron chi connectivity index (χ2n) is 9.77. The first-order valence-corrected chi connectivity index (χ1v) is 11.7. The van der Waals surface area contributed by atoms with E-state index in [1.165, 1.54) is 6.92 Å². The van der Waals surface area contributed by atoms with Gasteiger partial charge >= 0.3 is 12.1 Å². The third kappa shape index (κ3) is 5.76. The van der Waals surface area contributed by atoms with Gasteiger partial charge in [-0.25, -0.2) is 9.59 Å². The molecule has 0 aliphatic heterocycles. The first kappa shape index (κ1) is 25.3. The molecule has 0 spiro atoms. The van der Waals surface area contributed by atoms with Gasteiger partial charge in [-0.2, -0.15) is 0 Å². The molecular formula is C27H34N2O5. The number of benzene rings is 2. The minimum absolute atomic E-state index is 0.0284. The number of hydrogen-bond donors (Lipinski definition) is 3. The number of nitrogens with one attached hydrogen (secondary N) is 2. The molecule has 1 atom stereocenters. The largest absolute Gasteiger partial charge is 0.480 e. The van der Waals surface area contributed by atoms with Crippen LogP contribution in [-0.2, 0) is 14.3 Å². The molecule has 0 saturated heterocycles. The molecule has 3 rings (SSSR count). The quantitative estimate of drug-likeness (QED) is 0.465. The Bertz CT molecular complexity index is 1020. The van der Waals surface area contributed by atoms with Crippen LogP contribution in [0.3, 0.4) is 0 Å². The van der Waals surface area contributed by atoms with Gasteiger partial charge in [0, 0.05) is 17.9 Å². The molecule has 1 aliphatic carbocycles. The normalized spacial score (nSPS) is 14.5. The number of rotatable bonds is 10. The van der Waals surface area contributed by atoms with Gasteiger partial charge in [-0.05, 0) is 55.9 Å². The van der Waals surface area contributed by atoms with E-state index in [-0.39, 0.29) is 24.9 Å². The van der Waals surface area contributed by atoms with Crippen molar-refractivity contribution in [3.63, 3.8) is 0 Å². The van der Waals surface area contributed by atoms with Crippen molar-refractivity contribution in [1.82, 2.24) is 10.6 Å². The number of carbonyl (C=O) groups excluding carboxylic acids is 2. The number of carboxylic acid groups (broad SMARTS) is 1. The van der Waals surface area contributed by atoms with Crippen LogP contribution >= 0.6 is 0 Å². The first-order valence-electron chi connectivity index (χ1n) is 11.7. The Morgan fingerprint density at radius 2 is 1.47 bits per heavy atom. The first-order chi connectivity index (χ1) is 16.1. The smallest absolute Gasteiger partial charge is 0.407 e. The lowest BCUT2D eigenvalue weighted by Gasteiger charge is -2.28. The van der Waals surface area contributed by atoms with Crippen molar-refractivity contribution in [2.45, 2.75) is 70.4 Å². The van der Waals surface area contributed by atoms with E-state index >= 15 is 0 Å². The van der Waals surface area contributed by atoms with Crippen LogP contribution in [0, 0.1) is 0 Å². The number of aliphatic carboxylic acids is 1. The Hall–Kier alpha value is -3.35. The van der Waals surface area contributed by atoms with E-state index in [9.17, 15) is 19.5 Å². The molecular weight excluding hydrogens is 432 g/mol. The summed E-state index contributed by atoms with van der Waals surface area (Å²) in [7, 11) is 0. The van der Waals surface area contributed by atoms with Crippen LogP contribution in [0.1, 0.15) is 70.4 Å². The number of amides is 2. The monoisotopic (exact) mass is 466 g/mol. The molecule has 3 N–H and O–H groups in total. The van der Waals surface area contributed by atoms with Gasteiger partial charge in [-0.15, -0.1) is 0 Å². The van der Waals surface area contributed by atoms with Gasteiger partial charge in [0.05, 0.1) is 0 Å². The van der Waals surface area contributed by atoms with Crippen molar-refractivity contribution >= 4 is 18.0 Å². The van der Waals surface area contributed by atoms with Gasteiger partial charge < -0.3 is 20.5 Å². The lowest BCUT2D eigenvalue weighted by molar-refractivity contribution is -0.147. The number of hydrogen-bond acceptors (Lipinski definition) is 4. The van der Waals surface area contributed by atoms with Gasteiger partial charge in [-0.3, -0.25) is 4.79 Å². The van der Waals surface area contributed by atoms with Crippen molar-refractivity contribution in [2.75, 3.05) is 6.61 Å². The zero-order valence-corrected chi connectivity index (χ0v) is 20.3. The van der Waals surface area contributed by atoms with E-state index in [1.807, 2.05) is 45.0 Å². The summed E-state index contributed by atoms with van der Waals surface area (Å²) in [5.41, 5.74) is 2.60. The molecule has 0 radical (unpaired) electrons. The number of carboxylic acids is 1. The van der Waals surface area contributed by atoms with Crippen LogP contribution in [0.25, 0.3) is 11.1 Å². The molecule has 0 heterocycles. The molecule has 0 saturated carbocycles. The molecule has 182 valence electrons. The fraction of sp³-hybridized carbons (Fsp3) is 0.444. The number of carbonyl (C=O) groups is 3. The maximum Gasteiger partial charge on any atom is 0.407 e. The van der Waals surface area contributed by atoms with Gasteiger partial charge in [-0.1, -0.05) is 61.9 Å². The lowest BCUT2D eigenvalue weighted by atomic mass is 9.94. The van der Waals surface area contributed by atoms with E-state index in [0.717, 1.165) is 22.3 Å². The maximum atomic E-state index is 12.6. The van der Waals surface area contributed by atoms with Crippen molar-refractivity contribution in [2.24, 2.45) is 0 Å². The highest BCUT2D eigenvalue weighted by atomic mass is 16.5. The van der Waals surface area contributed by atoms with Gasteiger partial charge in [0.15, 0.2) is 0 Å². The summed E-state index contributed by atoms with van der Waals surface area (Å²) in [4.78, 5) is 36.5. The second-order valence-corrected chi connectivity index (χ2v) is 9.77. The molecule has 2 amide bonds. The Labute approximate surface area is 200 Å². The van der Waals surface area contributed by atoms with E-state index < -0.39 is 23.1 Å². The third-order valence-corrected chi connectivity index (χ3v) is 6.40. The molecule has 7 heteroatoms. The van der Waals surface area contributed by atoms with Crippen LogP contribution in [-0.4, -0.2) is 40.8 Å². The van der Waals surface area contributed by atoms with E-state index in [0.29, 0.717) is 19.3 Å². The Balaban J connectivity index is 1.54. The number of ether oxygens (including phenoxy) is 1. The van der Waals surface area contributed by atoms with E-state index in [1.54, 1.807) is 0 Å². The highest BCUT2D eigenvalue weighted by molar-refractivity contribution is 5.86. The molecule has 34 heavy (non-hydrogen) atoms. The standard InChI is InChI=1S/C27H34N2O5/c1-5-15-27(4,24(31)32)28-23(30)14-16-26(2,3)29-25(33)34-17-22-20-12-8-6-10-18(20)19-11-7-9-13-21(19)22/h6-13,22H,5,14-17H2,1-4H3,(H,28,30)(H,29,33)(H,31,32). The summed E-state index contributed by atoms with van der Waals surface area (Å²) in [6, 6.07) is 16.3. The summed E-state index contributed by atoms with van der Waals surface area (Å²) in [5.74, 6) is -1.45. The molecule has 0 bridgehead atoms. The van der Waals surface area contributed by atoms with Crippen molar-refractivity contribution < 1.29 is 24.2 Å². The second kappa shape index (κ2) is 10.3. The molecule has 2 aromatic carbocycles. The van der Waals surface area contributed by atoms with E-state index in [4.69, 9.17) is 4.74 Å². The molecule has 0 aromatic heterocycles. The fourth-order valence-corrected chi connectivity index (χ4v) is 4.49. The van der Waals surface area contributed by atoms with Crippen LogP contribution in [0.5, 0.6) is 0 Å². The van der Waals surface area contributed by atoms with Gasteiger partial charge in [0.25, 0.3) is 0 Å². The average Bonchev–Trinajstić information content (AvgIpc) is 3.10. The summed E-state index contributed by atoms with van der Waals surface area (Å²) < 4.78 is 5.60. The molecule has 0 fully saturated rings. The van der Waals surface area contributed by atoms with Gasteiger partial charge in [0.2, 0.25) is 5.91 Å². The van der Waals surface area contributed by atoms with Crippen molar-refractivity contribution in [3.05, 3.63) is 59.7 Å². The lowest BCUT2D eigenvalue weighted by Crippen LogP contribution is -2.52. The molecule has 1 unspecified atom stereocenters. The fourth-order valence-electron chi connectivity index (χ4n) is 4.49.